The van der Waals surface area contributed by atoms with Gasteiger partial charge in [0.1, 0.15) is 5.78 Å². The van der Waals surface area contributed by atoms with Gasteiger partial charge in [-0.05, 0) is 68.1 Å². The third-order valence-corrected chi connectivity index (χ3v) is 8.15. The molecular weight excluding hydrogens is 312 g/mol. The smallest absolute Gasteiger partial charge is 0.136 e. The van der Waals surface area contributed by atoms with Crippen molar-refractivity contribution < 1.29 is 14.6 Å². The maximum Gasteiger partial charge on any atom is 0.136 e. The molecule has 3 unspecified atom stereocenters. The summed E-state index contributed by atoms with van der Waals surface area (Å²) in [6.45, 7) is 12.7. The molecular formula is C22H40O3. The highest BCUT2D eigenvalue weighted by Crippen LogP contribution is 2.64. The van der Waals surface area contributed by atoms with Crippen LogP contribution < -0.4 is 0 Å². The van der Waals surface area contributed by atoms with Crippen molar-refractivity contribution in [1.82, 2.24) is 0 Å². The number of hydrogen-bond donors (Lipinski definition) is 1. The summed E-state index contributed by atoms with van der Waals surface area (Å²) in [7, 11) is 0. The summed E-state index contributed by atoms with van der Waals surface area (Å²) in [6.07, 6.45) is 8.53. The lowest BCUT2D eigenvalue weighted by Gasteiger charge is -2.46. The Hall–Kier alpha value is -0.410. The van der Waals surface area contributed by atoms with Gasteiger partial charge in [-0.2, -0.15) is 0 Å². The Morgan fingerprint density at radius 1 is 1.20 bits per heavy atom. The van der Waals surface area contributed by atoms with Crippen molar-refractivity contribution >= 4 is 5.78 Å². The van der Waals surface area contributed by atoms with E-state index in [-0.39, 0.29) is 16.7 Å². The first-order valence-corrected chi connectivity index (χ1v) is 10.5. The molecule has 0 aromatic heterocycles. The molecule has 25 heavy (non-hydrogen) atoms. The van der Waals surface area contributed by atoms with Gasteiger partial charge in [-0.15, -0.1) is 0 Å². The van der Waals surface area contributed by atoms with Crippen molar-refractivity contribution in [3.63, 3.8) is 0 Å². The van der Waals surface area contributed by atoms with Gasteiger partial charge in [-0.1, -0.05) is 34.6 Å². The van der Waals surface area contributed by atoms with Crippen LogP contribution >= 0.6 is 0 Å². The summed E-state index contributed by atoms with van der Waals surface area (Å²) in [5, 5.41) is 10.3. The number of carbonyl (C=O) groups excluding carboxylic acids is 1. The summed E-state index contributed by atoms with van der Waals surface area (Å²) < 4.78 is 5.89. The first-order chi connectivity index (χ1) is 11.7. The molecule has 0 spiro atoms. The molecule has 0 radical (unpaired) electrons. The number of carbonyl (C=O) groups is 1. The molecule has 0 amide bonds. The van der Waals surface area contributed by atoms with E-state index in [9.17, 15) is 9.90 Å². The van der Waals surface area contributed by atoms with Crippen LogP contribution in [0.3, 0.4) is 0 Å². The quantitative estimate of drug-likeness (QED) is 0.584. The maximum atomic E-state index is 12.4. The monoisotopic (exact) mass is 352 g/mol. The SMILES string of the molecule is CCC(O)(CC)CCCOCCC1CC2C(=O)CCCC2(C)C1(C)C. The first kappa shape index (κ1) is 20.9. The van der Waals surface area contributed by atoms with Gasteiger partial charge in [0.15, 0.2) is 0 Å². The predicted octanol–water partition coefficient (Wildman–Crippen LogP) is 5.15. The van der Waals surface area contributed by atoms with Gasteiger partial charge in [0.2, 0.25) is 0 Å². The fourth-order valence-corrected chi connectivity index (χ4v) is 5.46. The highest BCUT2D eigenvalue weighted by molar-refractivity contribution is 5.83. The van der Waals surface area contributed by atoms with E-state index in [0.29, 0.717) is 11.7 Å². The molecule has 2 saturated carbocycles. The molecule has 0 bridgehead atoms. The number of rotatable bonds is 9. The molecule has 3 heteroatoms. The van der Waals surface area contributed by atoms with Crippen LogP contribution in [0.4, 0.5) is 0 Å². The minimum Gasteiger partial charge on any atom is -0.390 e. The fourth-order valence-electron chi connectivity index (χ4n) is 5.46. The van der Waals surface area contributed by atoms with Crippen LogP contribution in [0.1, 0.15) is 92.4 Å². The number of ether oxygens (including phenoxy) is 1. The summed E-state index contributed by atoms with van der Waals surface area (Å²) in [6, 6.07) is 0. The molecule has 2 fully saturated rings. The van der Waals surface area contributed by atoms with Gasteiger partial charge >= 0.3 is 0 Å². The third kappa shape index (κ3) is 4.13. The molecule has 0 aromatic rings. The third-order valence-electron chi connectivity index (χ3n) is 8.15. The zero-order valence-electron chi connectivity index (χ0n) is 17.2. The van der Waals surface area contributed by atoms with Gasteiger partial charge in [0.25, 0.3) is 0 Å². The molecule has 2 aliphatic rings. The average Bonchev–Trinajstić information content (AvgIpc) is 2.78. The lowest BCUT2D eigenvalue weighted by atomic mass is 9.58. The maximum absolute atomic E-state index is 12.4. The molecule has 0 aromatic carbocycles. The van der Waals surface area contributed by atoms with Crippen LogP contribution in [0.25, 0.3) is 0 Å². The molecule has 0 heterocycles. The number of Topliss-reactive ketones (excluding diaryl/α,β-unsaturated/α-hetero) is 1. The number of ketones is 1. The normalized spacial score (nSPS) is 32.0. The lowest BCUT2D eigenvalue weighted by molar-refractivity contribution is -0.131. The van der Waals surface area contributed by atoms with Crippen LogP contribution in [0, 0.1) is 22.7 Å². The number of fused-ring (bicyclic) bond motifs is 1. The zero-order valence-corrected chi connectivity index (χ0v) is 17.2. The van der Waals surface area contributed by atoms with Gasteiger partial charge in [0, 0.05) is 25.6 Å². The Balaban J connectivity index is 1.77. The van der Waals surface area contributed by atoms with Crippen molar-refractivity contribution in [3.05, 3.63) is 0 Å². The van der Waals surface area contributed by atoms with E-state index in [0.717, 1.165) is 64.6 Å². The second-order valence-electron chi connectivity index (χ2n) is 9.38. The van der Waals surface area contributed by atoms with E-state index in [1.807, 2.05) is 13.8 Å². The molecule has 1 N–H and O–H groups in total. The van der Waals surface area contributed by atoms with Crippen molar-refractivity contribution in [1.29, 1.82) is 0 Å². The van der Waals surface area contributed by atoms with Crippen LogP contribution in [-0.2, 0) is 9.53 Å². The molecule has 2 rings (SSSR count). The molecule has 146 valence electrons. The van der Waals surface area contributed by atoms with Crippen LogP contribution in [0.2, 0.25) is 0 Å². The molecule has 3 atom stereocenters. The Morgan fingerprint density at radius 3 is 2.48 bits per heavy atom. The Labute approximate surface area is 154 Å². The van der Waals surface area contributed by atoms with Gasteiger partial charge in [-0.25, -0.2) is 0 Å². The second kappa shape index (κ2) is 8.08. The minimum atomic E-state index is -0.512. The van der Waals surface area contributed by atoms with E-state index < -0.39 is 5.60 Å². The number of hydrogen-bond acceptors (Lipinski definition) is 3. The van der Waals surface area contributed by atoms with Crippen LogP contribution in [0.5, 0.6) is 0 Å². The van der Waals surface area contributed by atoms with E-state index in [4.69, 9.17) is 4.74 Å². The topological polar surface area (TPSA) is 46.5 Å². The largest absolute Gasteiger partial charge is 0.390 e. The van der Waals surface area contributed by atoms with E-state index >= 15 is 0 Å². The van der Waals surface area contributed by atoms with Crippen LogP contribution in [0.15, 0.2) is 0 Å². The summed E-state index contributed by atoms with van der Waals surface area (Å²) in [5.41, 5.74) is -0.130. The predicted molar refractivity (Wildman–Crippen MR) is 103 cm³/mol. The van der Waals surface area contributed by atoms with Crippen molar-refractivity contribution in [2.45, 2.75) is 98.0 Å². The standard InChI is InChI=1S/C22H40O3/c1-6-22(24,7-2)13-9-14-25-15-11-17-16-18-19(23)10-8-12-21(18,5)20(17,3)4/h17-18,24H,6-16H2,1-5H3. The Morgan fingerprint density at radius 2 is 1.88 bits per heavy atom. The van der Waals surface area contributed by atoms with Crippen molar-refractivity contribution in [3.8, 4) is 0 Å². The highest BCUT2D eigenvalue weighted by atomic mass is 16.5. The van der Waals surface area contributed by atoms with E-state index in [1.54, 1.807) is 0 Å². The molecule has 3 nitrogen and oxygen atoms in total. The summed E-state index contributed by atoms with van der Waals surface area (Å²) >= 11 is 0. The Bertz CT molecular complexity index is 452. The fraction of sp³-hybridized carbons (Fsp3) is 0.955. The molecule has 0 aliphatic heterocycles. The lowest BCUT2D eigenvalue weighted by Crippen LogP contribution is -2.42. The summed E-state index contributed by atoms with van der Waals surface area (Å²) in [4.78, 5) is 12.4. The van der Waals surface area contributed by atoms with Gasteiger partial charge < -0.3 is 9.84 Å². The van der Waals surface area contributed by atoms with E-state index in [2.05, 4.69) is 20.8 Å². The van der Waals surface area contributed by atoms with Gasteiger partial charge in [-0.3, -0.25) is 4.79 Å². The highest BCUT2D eigenvalue weighted by Gasteiger charge is 2.59. The van der Waals surface area contributed by atoms with Crippen molar-refractivity contribution in [2.24, 2.45) is 22.7 Å². The van der Waals surface area contributed by atoms with Crippen molar-refractivity contribution in [2.75, 3.05) is 13.2 Å². The summed E-state index contributed by atoms with van der Waals surface area (Å²) in [5.74, 6) is 1.35. The first-order valence-electron chi connectivity index (χ1n) is 10.5. The average molecular weight is 353 g/mol. The molecule has 2 aliphatic carbocycles. The Kier molecular flexibility index (Phi) is 6.76. The number of aliphatic hydroxyl groups is 1. The van der Waals surface area contributed by atoms with Crippen LogP contribution in [-0.4, -0.2) is 29.7 Å². The zero-order chi connectivity index (χ0) is 18.7. The van der Waals surface area contributed by atoms with E-state index in [1.165, 1.54) is 6.42 Å². The van der Waals surface area contributed by atoms with Gasteiger partial charge in [0.05, 0.1) is 5.60 Å². The molecule has 0 saturated heterocycles. The second-order valence-corrected chi connectivity index (χ2v) is 9.38. The minimum absolute atomic E-state index is 0.172.